The molecule has 0 saturated carbocycles. The molecule has 1 fully saturated rings. The van der Waals surface area contributed by atoms with Crippen LogP contribution < -0.4 is 4.90 Å². The van der Waals surface area contributed by atoms with Crippen molar-refractivity contribution in [3.05, 3.63) is 16.3 Å². The lowest BCUT2D eigenvalue weighted by atomic mass is 9.86. The highest BCUT2D eigenvalue weighted by Crippen LogP contribution is 2.47. The number of thiazole rings is 1. The number of nitro groups is 1. The smallest absolute Gasteiger partial charge is 0.406 e. The molecule has 2 rings (SSSR count). The van der Waals surface area contributed by atoms with Crippen LogP contribution in [0, 0.1) is 15.5 Å². The molecule has 1 aromatic rings. The molecule has 1 unspecified atom stereocenters. The molecule has 0 aromatic carbocycles. The van der Waals surface area contributed by atoms with Gasteiger partial charge in [0, 0.05) is 13.1 Å². The van der Waals surface area contributed by atoms with Crippen molar-refractivity contribution in [3.8, 4) is 0 Å². The van der Waals surface area contributed by atoms with Crippen molar-refractivity contribution >= 4 is 27.4 Å². The second-order valence-electron chi connectivity index (χ2n) is 4.29. The van der Waals surface area contributed by atoms with Gasteiger partial charge in [0.25, 0.3) is 0 Å². The van der Waals surface area contributed by atoms with E-state index in [4.69, 9.17) is 5.11 Å². The lowest BCUT2D eigenvalue weighted by Gasteiger charge is -2.26. The number of carbonyl (C=O) groups is 1. The average Bonchev–Trinajstić information content (AvgIpc) is 2.95. The van der Waals surface area contributed by atoms with Crippen molar-refractivity contribution in [3.63, 3.8) is 0 Å². The summed E-state index contributed by atoms with van der Waals surface area (Å²) in [6.07, 6.45) is -4.57. The lowest BCUT2D eigenvalue weighted by Crippen LogP contribution is -2.47. The van der Waals surface area contributed by atoms with Gasteiger partial charge in [-0.2, -0.15) is 13.2 Å². The summed E-state index contributed by atoms with van der Waals surface area (Å²) in [7, 11) is 0. The van der Waals surface area contributed by atoms with Crippen LogP contribution in [-0.4, -0.2) is 40.2 Å². The molecule has 2 heterocycles. The fraction of sp³-hybridized carbons (Fsp3) is 0.556. The fourth-order valence-electron chi connectivity index (χ4n) is 1.99. The Labute approximate surface area is 113 Å². The maximum atomic E-state index is 13.0. The van der Waals surface area contributed by atoms with Crippen LogP contribution in [0.1, 0.15) is 6.42 Å². The topological polar surface area (TPSA) is 96.6 Å². The number of nitrogens with zero attached hydrogens (tertiary/aromatic N) is 3. The third-order valence-corrected chi connectivity index (χ3v) is 4.16. The molecule has 1 N–H and O–H groups in total. The van der Waals surface area contributed by atoms with E-state index in [1.807, 2.05) is 0 Å². The highest BCUT2D eigenvalue weighted by molar-refractivity contribution is 7.18. The Kier molecular flexibility index (Phi) is 3.32. The number of halogens is 3. The van der Waals surface area contributed by atoms with E-state index in [1.54, 1.807) is 0 Å². The molecule has 1 aliphatic rings. The predicted octanol–water partition coefficient (Wildman–Crippen LogP) is 1.89. The molecule has 0 aliphatic carbocycles. The minimum Gasteiger partial charge on any atom is -0.481 e. The van der Waals surface area contributed by atoms with Gasteiger partial charge in [0.1, 0.15) is 6.20 Å². The number of anilines is 1. The minimum absolute atomic E-state index is 0.0177. The van der Waals surface area contributed by atoms with Crippen LogP contribution in [0.5, 0.6) is 0 Å². The predicted molar refractivity (Wildman–Crippen MR) is 61.7 cm³/mol. The lowest BCUT2D eigenvalue weighted by molar-refractivity contribution is -0.380. The third-order valence-electron chi connectivity index (χ3n) is 3.15. The van der Waals surface area contributed by atoms with Crippen molar-refractivity contribution in [1.82, 2.24) is 4.98 Å². The molecule has 1 aliphatic heterocycles. The molecule has 0 spiro atoms. The molecule has 110 valence electrons. The van der Waals surface area contributed by atoms with E-state index in [2.05, 4.69) is 4.98 Å². The van der Waals surface area contributed by atoms with Crippen molar-refractivity contribution < 1.29 is 28.0 Å². The molecule has 0 amide bonds. The summed E-state index contributed by atoms with van der Waals surface area (Å²) in [4.78, 5) is 25.6. The Hall–Kier alpha value is -1.91. The Morgan fingerprint density at radius 1 is 1.60 bits per heavy atom. The van der Waals surface area contributed by atoms with Gasteiger partial charge in [-0.05, 0) is 17.8 Å². The van der Waals surface area contributed by atoms with Crippen LogP contribution in [0.2, 0.25) is 0 Å². The van der Waals surface area contributed by atoms with Crippen LogP contribution in [-0.2, 0) is 4.79 Å². The number of alkyl halides is 3. The van der Waals surface area contributed by atoms with Crippen LogP contribution in [0.15, 0.2) is 6.20 Å². The SMILES string of the molecule is O=C(O)C1(C(F)(F)F)CCN(c2ncc([N+](=O)[O-])s2)C1. The Morgan fingerprint density at radius 3 is 2.65 bits per heavy atom. The fourth-order valence-corrected chi connectivity index (χ4v) is 2.74. The van der Waals surface area contributed by atoms with E-state index < -0.39 is 35.4 Å². The van der Waals surface area contributed by atoms with Crippen molar-refractivity contribution in [1.29, 1.82) is 0 Å². The quantitative estimate of drug-likeness (QED) is 0.676. The monoisotopic (exact) mass is 311 g/mol. The number of hydrogen-bond donors (Lipinski definition) is 1. The van der Waals surface area contributed by atoms with Gasteiger partial charge in [0.15, 0.2) is 10.5 Å². The molecule has 7 nitrogen and oxygen atoms in total. The minimum atomic E-state index is -4.89. The van der Waals surface area contributed by atoms with E-state index in [0.29, 0.717) is 11.3 Å². The molecule has 1 saturated heterocycles. The van der Waals surface area contributed by atoms with Crippen molar-refractivity contribution in [2.45, 2.75) is 12.6 Å². The zero-order valence-electron chi connectivity index (χ0n) is 9.75. The number of aromatic nitrogens is 1. The molecule has 0 bridgehead atoms. The first-order valence-corrected chi connectivity index (χ1v) is 6.14. The first-order valence-electron chi connectivity index (χ1n) is 5.33. The normalized spacial score (nSPS) is 23.1. The molecule has 1 aromatic heterocycles. The summed E-state index contributed by atoms with van der Waals surface area (Å²) in [6.45, 7) is -0.965. The van der Waals surface area contributed by atoms with Gasteiger partial charge in [-0.15, -0.1) is 0 Å². The number of rotatable bonds is 3. The molecular formula is C9H8F3N3O4S. The van der Waals surface area contributed by atoms with Gasteiger partial charge in [0.05, 0.1) is 4.92 Å². The zero-order chi connectivity index (χ0) is 15.1. The van der Waals surface area contributed by atoms with Crippen molar-refractivity contribution in [2.24, 2.45) is 5.41 Å². The van der Waals surface area contributed by atoms with Gasteiger partial charge < -0.3 is 10.0 Å². The summed E-state index contributed by atoms with van der Waals surface area (Å²) >= 11 is 0.617. The van der Waals surface area contributed by atoms with Crippen LogP contribution >= 0.6 is 11.3 Å². The molecular weight excluding hydrogens is 303 g/mol. The Balaban J connectivity index is 2.26. The number of hydrogen-bond acceptors (Lipinski definition) is 6. The molecule has 0 radical (unpaired) electrons. The highest BCUT2D eigenvalue weighted by atomic mass is 32.1. The van der Waals surface area contributed by atoms with Crippen LogP contribution in [0.25, 0.3) is 0 Å². The average molecular weight is 311 g/mol. The van der Waals surface area contributed by atoms with E-state index in [1.165, 1.54) is 0 Å². The number of carboxylic acid groups (broad SMARTS) is 1. The van der Waals surface area contributed by atoms with Crippen LogP contribution in [0.3, 0.4) is 0 Å². The van der Waals surface area contributed by atoms with Crippen LogP contribution in [0.4, 0.5) is 23.3 Å². The summed E-state index contributed by atoms with van der Waals surface area (Å²) in [5, 5.41) is 19.1. The number of carboxylic acids is 1. The third kappa shape index (κ3) is 2.17. The summed E-state index contributed by atoms with van der Waals surface area (Å²) < 4.78 is 38.9. The molecule has 11 heteroatoms. The largest absolute Gasteiger partial charge is 0.481 e. The zero-order valence-corrected chi connectivity index (χ0v) is 10.6. The van der Waals surface area contributed by atoms with Crippen molar-refractivity contribution in [2.75, 3.05) is 18.0 Å². The summed E-state index contributed by atoms with van der Waals surface area (Å²) in [6, 6.07) is 0. The number of aliphatic carboxylic acids is 1. The van der Waals surface area contributed by atoms with Gasteiger partial charge >= 0.3 is 17.1 Å². The molecule has 1 atom stereocenters. The summed E-state index contributed by atoms with van der Waals surface area (Å²) in [5.74, 6) is -1.95. The van der Waals surface area contributed by atoms with Gasteiger partial charge in [-0.1, -0.05) is 0 Å². The maximum absolute atomic E-state index is 13.0. The van der Waals surface area contributed by atoms with E-state index in [0.717, 1.165) is 11.1 Å². The molecule has 20 heavy (non-hydrogen) atoms. The standard InChI is InChI=1S/C9H8F3N3O4S/c10-9(11,12)8(6(16)17)1-2-14(4-8)7-13-3-5(20-7)15(18)19/h3H,1-2,4H2,(H,16,17). The highest BCUT2D eigenvalue weighted by Gasteiger charge is 2.64. The first kappa shape index (κ1) is 14.5. The van der Waals surface area contributed by atoms with Gasteiger partial charge in [-0.25, -0.2) is 4.98 Å². The van der Waals surface area contributed by atoms with Gasteiger partial charge in [-0.3, -0.25) is 14.9 Å². The second-order valence-corrected chi connectivity index (χ2v) is 5.28. The second kappa shape index (κ2) is 4.58. The first-order chi connectivity index (χ1) is 9.17. The Morgan fingerprint density at radius 2 is 2.25 bits per heavy atom. The Bertz CT molecular complexity index is 561. The van der Waals surface area contributed by atoms with E-state index >= 15 is 0 Å². The van der Waals surface area contributed by atoms with E-state index in [9.17, 15) is 28.1 Å². The maximum Gasteiger partial charge on any atom is 0.406 e. The van der Waals surface area contributed by atoms with E-state index in [-0.39, 0.29) is 16.7 Å². The van der Waals surface area contributed by atoms with Gasteiger partial charge in [0.2, 0.25) is 0 Å². The summed E-state index contributed by atoms with van der Waals surface area (Å²) in [5.41, 5.74) is -2.85.